The molecule has 1 N–H and O–H groups in total. The van der Waals surface area contributed by atoms with Crippen molar-refractivity contribution in [1.29, 1.82) is 0 Å². The minimum atomic E-state index is 0.0830. The Labute approximate surface area is 136 Å². The Morgan fingerprint density at radius 3 is 2.82 bits per heavy atom. The summed E-state index contributed by atoms with van der Waals surface area (Å²) in [6.45, 7) is 0. The maximum Gasteiger partial charge on any atom is 0.176 e. The van der Waals surface area contributed by atoms with Crippen LogP contribution in [0.3, 0.4) is 0 Å². The van der Waals surface area contributed by atoms with Crippen molar-refractivity contribution in [2.75, 3.05) is 0 Å². The van der Waals surface area contributed by atoms with Gasteiger partial charge in [0.05, 0.1) is 11.6 Å². The van der Waals surface area contributed by atoms with E-state index in [1.807, 2.05) is 42.6 Å². The van der Waals surface area contributed by atoms with Crippen molar-refractivity contribution < 1.29 is 0 Å². The van der Waals surface area contributed by atoms with Crippen LogP contribution in [0.1, 0.15) is 11.3 Å². The molecule has 0 amide bonds. The Bertz CT molecular complexity index is 880. The number of H-pyrrole nitrogens is 1. The summed E-state index contributed by atoms with van der Waals surface area (Å²) in [7, 11) is 0. The third-order valence-corrected chi connectivity index (χ3v) is 4.17. The third kappa shape index (κ3) is 2.48. The van der Waals surface area contributed by atoms with Crippen molar-refractivity contribution in [3.05, 3.63) is 64.3 Å². The first kappa shape index (κ1) is 13.4. The highest BCUT2D eigenvalue weighted by atomic mass is 79.9. The number of hydrogen-bond donors (Lipinski definition) is 1. The zero-order valence-corrected chi connectivity index (χ0v) is 13.3. The van der Waals surface area contributed by atoms with E-state index < -0.39 is 0 Å². The van der Waals surface area contributed by atoms with Crippen molar-refractivity contribution in [2.45, 2.75) is 12.5 Å². The lowest BCUT2D eigenvalue weighted by atomic mass is 10.1. The molecule has 0 fully saturated rings. The molecule has 1 aliphatic heterocycles. The molecule has 108 valence electrons. The van der Waals surface area contributed by atoms with Gasteiger partial charge in [0.1, 0.15) is 5.69 Å². The molecule has 0 radical (unpaired) electrons. The van der Waals surface area contributed by atoms with E-state index >= 15 is 0 Å². The molecule has 0 saturated carbocycles. The molecule has 1 aliphatic rings. The van der Waals surface area contributed by atoms with Gasteiger partial charge in [-0.25, -0.2) is 4.99 Å². The fourth-order valence-corrected chi connectivity index (χ4v) is 2.98. The zero-order chi connectivity index (χ0) is 14.9. The molecule has 1 aromatic heterocycles. The number of fused-ring (bicyclic) bond motifs is 1. The lowest BCUT2D eigenvalue weighted by molar-refractivity contribution is 0.879. The first-order valence-electron chi connectivity index (χ1n) is 7.09. The van der Waals surface area contributed by atoms with Gasteiger partial charge in [-0.1, -0.05) is 46.3 Å². The Morgan fingerprint density at radius 2 is 1.95 bits per heavy atom. The van der Waals surface area contributed by atoms with Gasteiger partial charge >= 0.3 is 0 Å². The highest BCUT2D eigenvalue weighted by Gasteiger charge is 2.18. The van der Waals surface area contributed by atoms with Gasteiger partial charge in [0.15, 0.2) is 5.84 Å². The minimum absolute atomic E-state index is 0.0830. The SMILES string of the molecule is Brc1ccc2c(C3=NC(Cc4ccccc4)C=N3)n[nH]c2c1. The summed E-state index contributed by atoms with van der Waals surface area (Å²) in [5.74, 6) is 0.703. The summed E-state index contributed by atoms with van der Waals surface area (Å²) in [5, 5.41) is 8.45. The average molecular weight is 353 g/mol. The van der Waals surface area contributed by atoms with E-state index in [0.717, 1.165) is 27.5 Å². The van der Waals surface area contributed by atoms with Crippen LogP contribution in [-0.4, -0.2) is 28.3 Å². The molecular weight excluding hydrogens is 340 g/mol. The summed E-state index contributed by atoms with van der Waals surface area (Å²) in [4.78, 5) is 9.16. The van der Waals surface area contributed by atoms with E-state index in [2.05, 4.69) is 43.3 Å². The van der Waals surface area contributed by atoms with Crippen molar-refractivity contribution in [1.82, 2.24) is 10.2 Å². The fourth-order valence-electron chi connectivity index (χ4n) is 2.62. The Balaban J connectivity index is 1.63. The van der Waals surface area contributed by atoms with Gasteiger partial charge in [0, 0.05) is 16.1 Å². The predicted octanol–water partition coefficient (Wildman–Crippen LogP) is 3.77. The predicted molar refractivity (Wildman–Crippen MR) is 92.8 cm³/mol. The van der Waals surface area contributed by atoms with Gasteiger partial charge in [0.2, 0.25) is 0 Å². The van der Waals surface area contributed by atoms with Crippen LogP contribution >= 0.6 is 15.9 Å². The summed E-state index contributed by atoms with van der Waals surface area (Å²) >= 11 is 3.46. The summed E-state index contributed by atoms with van der Waals surface area (Å²) in [5.41, 5.74) is 3.06. The molecule has 3 aromatic rings. The molecule has 5 heteroatoms. The lowest BCUT2D eigenvalue weighted by Crippen LogP contribution is -2.07. The second-order valence-corrected chi connectivity index (χ2v) is 6.17. The van der Waals surface area contributed by atoms with E-state index in [4.69, 9.17) is 4.99 Å². The van der Waals surface area contributed by atoms with Crippen LogP contribution in [0.25, 0.3) is 10.9 Å². The quantitative estimate of drug-likeness (QED) is 0.766. The van der Waals surface area contributed by atoms with Crippen LogP contribution in [0.5, 0.6) is 0 Å². The normalized spacial score (nSPS) is 17.1. The molecule has 2 heterocycles. The van der Waals surface area contributed by atoms with Gasteiger partial charge in [0.25, 0.3) is 0 Å². The monoisotopic (exact) mass is 352 g/mol. The van der Waals surface area contributed by atoms with Gasteiger partial charge in [-0.15, -0.1) is 0 Å². The molecule has 2 aromatic carbocycles. The fraction of sp³-hybridized carbons (Fsp3) is 0.118. The highest BCUT2D eigenvalue weighted by Crippen LogP contribution is 2.23. The number of nitrogens with one attached hydrogen (secondary N) is 1. The van der Waals surface area contributed by atoms with Gasteiger partial charge < -0.3 is 0 Å². The van der Waals surface area contributed by atoms with Gasteiger partial charge in [-0.3, -0.25) is 10.1 Å². The van der Waals surface area contributed by atoms with Crippen molar-refractivity contribution in [2.24, 2.45) is 9.98 Å². The molecule has 1 atom stereocenters. The van der Waals surface area contributed by atoms with Gasteiger partial charge in [-0.05, 0) is 30.2 Å². The minimum Gasteiger partial charge on any atom is -0.277 e. The van der Waals surface area contributed by atoms with Crippen LogP contribution in [0.4, 0.5) is 0 Å². The summed E-state index contributed by atoms with van der Waals surface area (Å²) < 4.78 is 1.02. The van der Waals surface area contributed by atoms with E-state index in [0.29, 0.717) is 5.84 Å². The largest absolute Gasteiger partial charge is 0.277 e. The van der Waals surface area contributed by atoms with Gasteiger partial charge in [-0.2, -0.15) is 5.10 Å². The molecule has 0 bridgehead atoms. The summed E-state index contributed by atoms with van der Waals surface area (Å²) in [6.07, 6.45) is 2.77. The first-order chi connectivity index (χ1) is 10.8. The highest BCUT2D eigenvalue weighted by molar-refractivity contribution is 9.10. The summed E-state index contributed by atoms with van der Waals surface area (Å²) in [6, 6.07) is 16.5. The van der Waals surface area contributed by atoms with Crippen LogP contribution < -0.4 is 0 Å². The van der Waals surface area contributed by atoms with E-state index in [-0.39, 0.29) is 6.04 Å². The first-order valence-corrected chi connectivity index (χ1v) is 7.89. The number of rotatable bonds is 3. The average Bonchev–Trinajstić information content (AvgIpc) is 3.14. The molecule has 4 nitrogen and oxygen atoms in total. The smallest absolute Gasteiger partial charge is 0.176 e. The van der Waals surface area contributed by atoms with E-state index in [1.54, 1.807) is 0 Å². The topological polar surface area (TPSA) is 53.4 Å². The molecule has 0 spiro atoms. The third-order valence-electron chi connectivity index (χ3n) is 3.68. The van der Waals surface area contributed by atoms with E-state index in [9.17, 15) is 0 Å². The zero-order valence-electron chi connectivity index (χ0n) is 11.7. The second kappa shape index (κ2) is 5.50. The number of nitrogens with zero attached hydrogens (tertiary/aromatic N) is 3. The second-order valence-electron chi connectivity index (χ2n) is 5.25. The van der Waals surface area contributed by atoms with Crippen molar-refractivity contribution >= 4 is 38.9 Å². The molecule has 4 rings (SSSR count). The number of benzene rings is 2. The van der Waals surface area contributed by atoms with Crippen LogP contribution in [-0.2, 0) is 6.42 Å². The molecule has 1 unspecified atom stereocenters. The maximum absolute atomic E-state index is 4.70. The molecule has 22 heavy (non-hydrogen) atoms. The number of aromatic amines is 1. The van der Waals surface area contributed by atoms with Crippen molar-refractivity contribution in [3.8, 4) is 0 Å². The number of hydrogen-bond acceptors (Lipinski definition) is 3. The number of halogens is 1. The molecule has 0 aliphatic carbocycles. The Kier molecular flexibility index (Phi) is 3.35. The standard InChI is InChI=1S/C17H13BrN4/c18-12-6-7-14-15(9-12)21-22-16(14)17-19-10-13(20-17)8-11-4-2-1-3-5-11/h1-7,9-10,13H,8H2,(H,21,22). The lowest BCUT2D eigenvalue weighted by Gasteiger charge is -2.03. The number of amidine groups is 1. The Hall–Kier alpha value is -2.27. The van der Waals surface area contributed by atoms with Crippen LogP contribution in [0.15, 0.2) is 63.0 Å². The van der Waals surface area contributed by atoms with E-state index in [1.165, 1.54) is 5.56 Å². The molecule has 0 saturated heterocycles. The van der Waals surface area contributed by atoms with Crippen LogP contribution in [0, 0.1) is 0 Å². The number of aliphatic imine (C=N–C) groups is 2. The molecular formula is C17H13BrN4. The van der Waals surface area contributed by atoms with Crippen LogP contribution in [0.2, 0.25) is 0 Å². The maximum atomic E-state index is 4.70. The number of aromatic nitrogens is 2. The van der Waals surface area contributed by atoms with Crippen molar-refractivity contribution in [3.63, 3.8) is 0 Å². The Morgan fingerprint density at radius 1 is 1.09 bits per heavy atom.